The molecule has 0 aliphatic rings. The van der Waals surface area contributed by atoms with Crippen molar-refractivity contribution in [3.63, 3.8) is 0 Å². The van der Waals surface area contributed by atoms with Gasteiger partial charge in [-0.15, -0.1) is 0 Å². The molecule has 0 amide bonds. The van der Waals surface area contributed by atoms with Crippen molar-refractivity contribution in [3.05, 3.63) is 35.9 Å². The van der Waals surface area contributed by atoms with E-state index in [1.165, 1.54) is 5.56 Å². The summed E-state index contributed by atoms with van der Waals surface area (Å²) in [5.74, 6) is -0.753. The number of benzene rings is 1. The highest BCUT2D eigenvalue weighted by Gasteiger charge is 2.16. The lowest BCUT2D eigenvalue weighted by Crippen LogP contribution is -2.31. The normalized spacial score (nSPS) is 12.6. The molecular weight excluding hydrogens is 242 g/mol. The molecule has 0 aromatic heterocycles. The molecule has 19 heavy (non-hydrogen) atoms. The first-order valence-corrected chi connectivity index (χ1v) is 6.65. The summed E-state index contributed by atoms with van der Waals surface area (Å²) < 4.78 is 5.06. The molecule has 1 N–H and O–H groups in total. The minimum atomic E-state index is -0.753. The van der Waals surface area contributed by atoms with Crippen LogP contribution in [-0.4, -0.2) is 42.8 Å². The van der Waals surface area contributed by atoms with Crippen molar-refractivity contribution in [3.8, 4) is 0 Å². The summed E-state index contributed by atoms with van der Waals surface area (Å²) in [4.78, 5) is 12.9. The Morgan fingerprint density at radius 1 is 1.32 bits per heavy atom. The van der Waals surface area contributed by atoms with Gasteiger partial charge in [-0.2, -0.15) is 0 Å². The van der Waals surface area contributed by atoms with Gasteiger partial charge in [-0.05, 0) is 18.9 Å². The van der Waals surface area contributed by atoms with E-state index in [1.807, 2.05) is 18.2 Å². The van der Waals surface area contributed by atoms with Gasteiger partial charge in [0, 0.05) is 32.8 Å². The predicted molar refractivity (Wildman–Crippen MR) is 75.2 cm³/mol. The third kappa shape index (κ3) is 5.85. The fourth-order valence-corrected chi connectivity index (χ4v) is 2.09. The third-order valence-electron chi connectivity index (χ3n) is 3.24. The lowest BCUT2D eigenvalue weighted by molar-refractivity contribution is -0.137. The number of carboxylic acids is 1. The number of hydrogen-bond donors (Lipinski definition) is 1. The molecule has 0 spiro atoms. The number of hydrogen-bond acceptors (Lipinski definition) is 3. The number of carboxylic acid groups (broad SMARTS) is 1. The highest BCUT2D eigenvalue weighted by Crippen LogP contribution is 2.20. The molecule has 4 nitrogen and oxygen atoms in total. The zero-order chi connectivity index (χ0) is 14.1. The highest BCUT2D eigenvalue weighted by molar-refractivity contribution is 5.66. The van der Waals surface area contributed by atoms with Crippen LogP contribution in [0.5, 0.6) is 0 Å². The minimum absolute atomic E-state index is 0.171. The van der Waals surface area contributed by atoms with Gasteiger partial charge in [0.2, 0.25) is 0 Å². The molecule has 1 aromatic rings. The van der Waals surface area contributed by atoms with Gasteiger partial charge in [-0.3, -0.25) is 9.69 Å². The largest absolute Gasteiger partial charge is 0.481 e. The van der Waals surface area contributed by atoms with E-state index < -0.39 is 5.97 Å². The standard InChI is InChI=1S/C15H23NO3/c1-13(14-7-4-3-5-8-14)16(10-6-12-19-2)11-9-15(17)18/h3-5,7-8,13H,6,9-12H2,1-2H3,(H,17,18). The van der Waals surface area contributed by atoms with Crippen LogP contribution < -0.4 is 0 Å². The van der Waals surface area contributed by atoms with Gasteiger partial charge in [0.15, 0.2) is 0 Å². The zero-order valence-corrected chi connectivity index (χ0v) is 11.7. The van der Waals surface area contributed by atoms with Crippen LogP contribution in [0.3, 0.4) is 0 Å². The molecule has 0 saturated heterocycles. The summed E-state index contributed by atoms with van der Waals surface area (Å²) in [7, 11) is 1.68. The first-order chi connectivity index (χ1) is 9.15. The number of rotatable bonds is 9. The summed E-state index contributed by atoms with van der Waals surface area (Å²) in [6.07, 6.45) is 1.08. The lowest BCUT2D eigenvalue weighted by atomic mass is 10.1. The molecule has 0 aliphatic carbocycles. The molecule has 0 aliphatic heterocycles. The van der Waals surface area contributed by atoms with Crippen LogP contribution in [0.15, 0.2) is 30.3 Å². The van der Waals surface area contributed by atoms with E-state index in [9.17, 15) is 4.79 Å². The van der Waals surface area contributed by atoms with Crippen molar-refractivity contribution in [1.82, 2.24) is 4.90 Å². The predicted octanol–water partition coefficient (Wildman–Crippen LogP) is 2.56. The van der Waals surface area contributed by atoms with E-state index in [2.05, 4.69) is 24.0 Å². The summed E-state index contributed by atoms with van der Waals surface area (Å²) >= 11 is 0. The van der Waals surface area contributed by atoms with Crippen LogP contribution in [0.25, 0.3) is 0 Å². The number of aliphatic carboxylic acids is 1. The van der Waals surface area contributed by atoms with E-state index in [1.54, 1.807) is 7.11 Å². The van der Waals surface area contributed by atoms with Gasteiger partial charge in [0.25, 0.3) is 0 Å². The maximum atomic E-state index is 10.7. The molecule has 1 rings (SSSR count). The molecule has 0 bridgehead atoms. The van der Waals surface area contributed by atoms with E-state index in [0.29, 0.717) is 13.2 Å². The second kappa shape index (κ2) is 8.67. The third-order valence-corrected chi connectivity index (χ3v) is 3.24. The van der Waals surface area contributed by atoms with Crippen molar-refractivity contribution in [2.45, 2.75) is 25.8 Å². The molecule has 106 valence electrons. The quantitative estimate of drug-likeness (QED) is 0.697. The molecule has 0 fully saturated rings. The van der Waals surface area contributed by atoms with Crippen LogP contribution >= 0.6 is 0 Å². The molecule has 4 heteroatoms. The van der Waals surface area contributed by atoms with Crippen LogP contribution in [0.1, 0.15) is 31.4 Å². The molecule has 1 aromatic carbocycles. The Balaban J connectivity index is 2.62. The Morgan fingerprint density at radius 2 is 2.00 bits per heavy atom. The van der Waals surface area contributed by atoms with E-state index in [4.69, 9.17) is 9.84 Å². The van der Waals surface area contributed by atoms with Crippen LogP contribution in [0.4, 0.5) is 0 Å². The van der Waals surface area contributed by atoms with Gasteiger partial charge < -0.3 is 9.84 Å². The van der Waals surface area contributed by atoms with Crippen molar-refractivity contribution in [2.24, 2.45) is 0 Å². The maximum absolute atomic E-state index is 10.7. The second-order valence-corrected chi connectivity index (χ2v) is 4.61. The smallest absolute Gasteiger partial charge is 0.304 e. The van der Waals surface area contributed by atoms with Crippen LogP contribution in [0, 0.1) is 0 Å². The molecule has 1 atom stereocenters. The monoisotopic (exact) mass is 265 g/mol. The van der Waals surface area contributed by atoms with E-state index in [-0.39, 0.29) is 12.5 Å². The molecule has 0 saturated carbocycles. The second-order valence-electron chi connectivity index (χ2n) is 4.61. The fraction of sp³-hybridized carbons (Fsp3) is 0.533. The van der Waals surface area contributed by atoms with Crippen LogP contribution in [0.2, 0.25) is 0 Å². The summed E-state index contributed by atoms with van der Waals surface area (Å²) in [6, 6.07) is 10.4. The topological polar surface area (TPSA) is 49.8 Å². The minimum Gasteiger partial charge on any atom is -0.481 e. The summed E-state index contributed by atoms with van der Waals surface area (Å²) in [5.41, 5.74) is 1.21. The Kier molecular flexibility index (Phi) is 7.15. The van der Waals surface area contributed by atoms with Gasteiger partial charge in [0.05, 0.1) is 6.42 Å². The van der Waals surface area contributed by atoms with Gasteiger partial charge >= 0.3 is 5.97 Å². The molecule has 0 heterocycles. The first-order valence-electron chi connectivity index (χ1n) is 6.65. The SMILES string of the molecule is COCCCN(CCC(=O)O)C(C)c1ccccc1. The van der Waals surface area contributed by atoms with Crippen molar-refractivity contribution >= 4 is 5.97 Å². The molecule has 0 radical (unpaired) electrons. The van der Waals surface area contributed by atoms with Gasteiger partial charge in [-0.25, -0.2) is 0 Å². The Morgan fingerprint density at radius 3 is 2.58 bits per heavy atom. The van der Waals surface area contributed by atoms with Crippen molar-refractivity contribution in [2.75, 3.05) is 26.8 Å². The Bertz CT molecular complexity index is 367. The van der Waals surface area contributed by atoms with Gasteiger partial charge in [-0.1, -0.05) is 30.3 Å². The Labute approximate surface area is 115 Å². The molecule has 1 unspecified atom stereocenters. The Hall–Kier alpha value is -1.39. The fourth-order valence-electron chi connectivity index (χ4n) is 2.09. The van der Waals surface area contributed by atoms with E-state index >= 15 is 0 Å². The highest BCUT2D eigenvalue weighted by atomic mass is 16.5. The lowest BCUT2D eigenvalue weighted by Gasteiger charge is -2.29. The first kappa shape index (κ1) is 15.7. The average Bonchev–Trinajstić information content (AvgIpc) is 2.42. The summed E-state index contributed by atoms with van der Waals surface area (Å²) in [6.45, 7) is 4.22. The van der Waals surface area contributed by atoms with Crippen molar-refractivity contribution in [1.29, 1.82) is 0 Å². The van der Waals surface area contributed by atoms with Crippen LogP contribution in [-0.2, 0) is 9.53 Å². The number of ether oxygens (including phenoxy) is 1. The zero-order valence-electron chi connectivity index (χ0n) is 11.7. The van der Waals surface area contributed by atoms with Gasteiger partial charge in [0.1, 0.15) is 0 Å². The van der Waals surface area contributed by atoms with Crippen molar-refractivity contribution < 1.29 is 14.6 Å². The maximum Gasteiger partial charge on any atom is 0.304 e. The summed E-state index contributed by atoms with van der Waals surface area (Å²) in [5, 5.41) is 8.83. The number of nitrogens with zero attached hydrogens (tertiary/aromatic N) is 1. The molecular formula is C15H23NO3. The van der Waals surface area contributed by atoms with E-state index in [0.717, 1.165) is 13.0 Å². The number of carbonyl (C=O) groups is 1. The average molecular weight is 265 g/mol. The number of methoxy groups -OCH3 is 1.